The maximum absolute atomic E-state index is 12.3. The van der Waals surface area contributed by atoms with E-state index in [1.165, 1.54) is 25.7 Å². The summed E-state index contributed by atoms with van der Waals surface area (Å²) in [6.07, 6.45) is 4.93. The highest BCUT2D eigenvalue weighted by Crippen LogP contribution is 2.59. The molecule has 0 bridgehead atoms. The summed E-state index contributed by atoms with van der Waals surface area (Å²) in [7, 11) is 1.81. The molecule has 2 unspecified atom stereocenters. The minimum atomic E-state index is -0.840. The van der Waals surface area contributed by atoms with E-state index >= 15 is 0 Å². The normalized spacial score (nSPS) is 30.2. The van der Waals surface area contributed by atoms with Crippen LogP contribution in [0.1, 0.15) is 39.5 Å². The molecule has 0 heterocycles. The highest BCUT2D eigenvalue weighted by Gasteiger charge is 2.66. The highest BCUT2D eigenvalue weighted by molar-refractivity contribution is 5.91. The number of amides is 1. The second-order valence-electron chi connectivity index (χ2n) is 6.48. The van der Waals surface area contributed by atoms with Gasteiger partial charge in [-0.05, 0) is 24.2 Å². The van der Waals surface area contributed by atoms with Gasteiger partial charge >= 0.3 is 5.97 Å². The molecule has 1 amide bonds. The number of hydrogen-bond acceptors (Lipinski definition) is 2. The quantitative estimate of drug-likeness (QED) is 0.833. The van der Waals surface area contributed by atoms with Gasteiger partial charge in [0, 0.05) is 13.6 Å². The molecule has 0 aromatic carbocycles. The Hall–Kier alpha value is -1.06. The average molecular weight is 253 g/mol. The number of carbonyl (C=O) groups is 2. The third-order valence-corrected chi connectivity index (χ3v) is 4.74. The number of carbonyl (C=O) groups excluding carboxylic acids is 1. The van der Waals surface area contributed by atoms with Crippen LogP contribution in [0.2, 0.25) is 0 Å². The summed E-state index contributed by atoms with van der Waals surface area (Å²) in [6.45, 7) is 4.53. The fourth-order valence-corrected chi connectivity index (χ4v) is 3.47. The first-order chi connectivity index (χ1) is 8.35. The van der Waals surface area contributed by atoms with Gasteiger partial charge in [-0.2, -0.15) is 0 Å². The van der Waals surface area contributed by atoms with Crippen molar-refractivity contribution < 1.29 is 14.7 Å². The first-order valence-electron chi connectivity index (χ1n) is 6.83. The smallest absolute Gasteiger partial charge is 0.307 e. The van der Waals surface area contributed by atoms with Crippen LogP contribution in [-0.4, -0.2) is 35.5 Å². The van der Waals surface area contributed by atoms with Crippen LogP contribution in [0.4, 0.5) is 0 Å². The summed E-state index contributed by atoms with van der Waals surface area (Å²) in [5, 5.41) is 9.10. The van der Waals surface area contributed by atoms with Crippen molar-refractivity contribution in [2.45, 2.75) is 39.5 Å². The van der Waals surface area contributed by atoms with Gasteiger partial charge in [0.25, 0.3) is 0 Å². The lowest BCUT2D eigenvalue weighted by Crippen LogP contribution is -2.33. The molecule has 18 heavy (non-hydrogen) atoms. The summed E-state index contributed by atoms with van der Waals surface area (Å²) in [4.78, 5) is 25.1. The van der Waals surface area contributed by atoms with Crippen molar-refractivity contribution in [3.05, 3.63) is 0 Å². The fourth-order valence-electron chi connectivity index (χ4n) is 3.47. The summed E-state index contributed by atoms with van der Waals surface area (Å²) in [6, 6.07) is 0. The molecule has 0 aromatic heterocycles. The topological polar surface area (TPSA) is 57.6 Å². The third kappa shape index (κ3) is 2.25. The Morgan fingerprint density at radius 3 is 2.22 bits per heavy atom. The Morgan fingerprint density at radius 1 is 1.22 bits per heavy atom. The number of carboxylic acids is 1. The number of carboxylic acid groups (broad SMARTS) is 1. The van der Waals surface area contributed by atoms with Crippen molar-refractivity contribution in [3.8, 4) is 0 Å². The van der Waals surface area contributed by atoms with Crippen molar-refractivity contribution in [2.75, 3.05) is 13.6 Å². The Labute approximate surface area is 108 Å². The van der Waals surface area contributed by atoms with Crippen LogP contribution < -0.4 is 0 Å². The van der Waals surface area contributed by atoms with Gasteiger partial charge in [-0.1, -0.05) is 26.7 Å². The molecule has 0 radical (unpaired) electrons. The van der Waals surface area contributed by atoms with Crippen LogP contribution in [0.5, 0.6) is 0 Å². The molecular formula is C14H23NO3. The fraction of sp³-hybridized carbons (Fsp3) is 0.857. The van der Waals surface area contributed by atoms with Crippen LogP contribution in [-0.2, 0) is 9.59 Å². The van der Waals surface area contributed by atoms with Gasteiger partial charge < -0.3 is 10.0 Å². The van der Waals surface area contributed by atoms with Crippen molar-refractivity contribution in [1.29, 1.82) is 0 Å². The lowest BCUT2D eigenvalue weighted by molar-refractivity contribution is -0.141. The summed E-state index contributed by atoms with van der Waals surface area (Å²) >= 11 is 0. The second kappa shape index (κ2) is 4.56. The molecule has 4 nitrogen and oxygen atoms in total. The van der Waals surface area contributed by atoms with Crippen LogP contribution in [0.25, 0.3) is 0 Å². The van der Waals surface area contributed by atoms with E-state index in [9.17, 15) is 9.59 Å². The molecule has 102 valence electrons. The number of nitrogens with zero attached hydrogens (tertiary/aromatic N) is 1. The van der Waals surface area contributed by atoms with Gasteiger partial charge in [-0.25, -0.2) is 0 Å². The monoisotopic (exact) mass is 253 g/mol. The zero-order valence-corrected chi connectivity index (χ0v) is 11.5. The van der Waals surface area contributed by atoms with E-state index in [1.54, 1.807) is 4.90 Å². The highest BCUT2D eigenvalue weighted by atomic mass is 16.4. The number of aliphatic carboxylic acids is 1. The molecule has 4 heteroatoms. The molecule has 1 N–H and O–H groups in total. The summed E-state index contributed by atoms with van der Waals surface area (Å²) < 4.78 is 0. The molecule has 0 spiro atoms. The standard InChI is InChI=1S/C14H23NO3/c1-14(2)10(11(14)13(17)18)12(16)15(3)8-9-6-4-5-7-9/h9-11H,4-8H2,1-3H3,(H,17,18). The van der Waals surface area contributed by atoms with Crippen molar-refractivity contribution in [3.63, 3.8) is 0 Å². The largest absolute Gasteiger partial charge is 0.481 e. The molecule has 2 fully saturated rings. The van der Waals surface area contributed by atoms with E-state index < -0.39 is 11.9 Å². The number of rotatable bonds is 4. The zero-order chi connectivity index (χ0) is 13.5. The Kier molecular flexibility index (Phi) is 3.39. The maximum atomic E-state index is 12.3. The second-order valence-corrected chi connectivity index (χ2v) is 6.48. The molecule has 2 rings (SSSR count). The van der Waals surface area contributed by atoms with Crippen LogP contribution in [0.15, 0.2) is 0 Å². The first-order valence-corrected chi connectivity index (χ1v) is 6.83. The molecule has 2 aliphatic rings. The minimum absolute atomic E-state index is 0.0132. The molecule has 0 saturated heterocycles. The SMILES string of the molecule is CN(CC1CCCC1)C(=O)C1C(C(=O)O)C1(C)C. The van der Waals surface area contributed by atoms with Gasteiger partial charge in [-0.3, -0.25) is 9.59 Å². The van der Waals surface area contributed by atoms with Crippen LogP contribution in [0.3, 0.4) is 0 Å². The van der Waals surface area contributed by atoms with Crippen molar-refractivity contribution in [1.82, 2.24) is 4.90 Å². The van der Waals surface area contributed by atoms with Gasteiger partial charge in [0.2, 0.25) is 5.91 Å². The summed E-state index contributed by atoms with van der Waals surface area (Å²) in [5.74, 6) is -1.05. The van der Waals surface area contributed by atoms with Crippen LogP contribution >= 0.6 is 0 Å². The Balaban J connectivity index is 1.93. The molecular weight excluding hydrogens is 230 g/mol. The third-order valence-electron chi connectivity index (χ3n) is 4.74. The molecule has 0 aliphatic heterocycles. The molecule has 2 saturated carbocycles. The van der Waals surface area contributed by atoms with E-state index in [4.69, 9.17) is 5.11 Å². The zero-order valence-electron chi connectivity index (χ0n) is 11.5. The first kappa shape index (κ1) is 13.4. The van der Waals surface area contributed by atoms with E-state index in [1.807, 2.05) is 20.9 Å². The molecule has 2 aliphatic carbocycles. The van der Waals surface area contributed by atoms with Gasteiger partial charge in [0.05, 0.1) is 11.8 Å². The Bertz CT molecular complexity index is 358. The maximum Gasteiger partial charge on any atom is 0.307 e. The van der Waals surface area contributed by atoms with Crippen LogP contribution in [0, 0.1) is 23.2 Å². The minimum Gasteiger partial charge on any atom is -0.481 e. The predicted molar refractivity (Wildman–Crippen MR) is 68.0 cm³/mol. The average Bonchev–Trinajstić information content (AvgIpc) is 2.63. The summed E-state index contributed by atoms with van der Waals surface area (Å²) in [5.41, 5.74) is -0.382. The van der Waals surface area contributed by atoms with Crippen molar-refractivity contribution >= 4 is 11.9 Å². The van der Waals surface area contributed by atoms with Gasteiger partial charge in [0.15, 0.2) is 0 Å². The van der Waals surface area contributed by atoms with E-state index in [2.05, 4.69) is 0 Å². The van der Waals surface area contributed by atoms with E-state index in [-0.39, 0.29) is 17.2 Å². The van der Waals surface area contributed by atoms with Gasteiger partial charge in [0.1, 0.15) is 0 Å². The predicted octanol–water partition coefficient (Wildman–Crippen LogP) is 1.99. The number of hydrogen-bond donors (Lipinski definition) is 1. The van der Waals surface area contributed by atoms with Crippen molar-refractivity contribution in [2.24, 2.45) is 23.2 Å². The lowest BCUT2D eigenvalue weighted by Gasteiger charge is -2.21. The Morgan fingerprint density at radius 2 is 1.78 bits per heavy atom. The van der Waals surface area contributed by atoms with Gasteiger partial charge in [-0.15, -0.1) is 0 Å². The molecule has 0 aromatic rings. The van der Waals surface area contributed by atoms with E-state index in [0.29, 0.717) is 5.92 Å². The van der Waals surface area contributed by atoms with E-state index in [0.717, 1.165) is 6.54 Å². The molecule has 2 atom stereocenters. The lowest BCUT2D eigenvalue weighted by atomic mass is 10.1.